The summed E-state index contributed by atoms with van der Waals surface area (Å²) >= 11 is 1.40. The van der Waals surface area contributed by atoms with Crippen LogP contribution in [0.3, 0.4) is 0 Å². The van der Waals surface area contributed by atoms with Crippen molar-refractivity contribution in [3.8, 4) is 28.7 Å². The van der Waals surface area contributed by atoms with Crippen molar-refractivity contribution in [1.29, 1.82) is 0 Å². The Kier molecular flexibility index (Phi) is 5.30. The molecule has 7 rings (SSSR count). The highest BCUT2D eigenvalue weighted by Crippen LogP contribution is 2.32. The number of anilines is 1. The fourth-order valence-electron chi connectivity index (χ4n) is 4.20. The van der Waals surface area contributed by atoms with Crippen LogP contribution in [-0.2, 0) is 0 Å². The number of furan rings is 1. The zero-order valence-electron chi connectivity index (χ0n) is 20.2. The molecule has 7 aromatic rings. The Bertz CT molecular complexity index is 1940. The molecule has 0 unspecified atom stereocenters. The number of hydrogen-bond acceptors (Lipinski definition) is 8. The van der Waals surface area contributed by atoms with Gasteiger partial charge < -0.3 is 4.42 Å². The number of para-hydroxylation sites is 3. The van der Waals surface area contributed by atoms with Crippen LogP contribution in [0.4, 0.5) is 5.69 Å². The normalized spacial score (nSPS) is 12.0. The van der Waals surface area contributed by atoms with E-state index in [0.717, 1.165) is 38.4 Å². The standard InChI is InChI=1S/C28H20N8OS/c1-18-27(31-29-20-11-4-2-5-12-20)38-28-32-30-26(36(28)33-18)22-17-23(35(34-22)21-13-6-3-7-14-21)25-16-19-10-8-9-15-24(19)37-25/h2-17,29H,1H3/b31-27+. The van der Waals surface area contributed by atoms with Crippen LogP contribution in [0.2, 0.25) is 0 Å². The quantitative estimate of drug-likeness (QED) is 0.295. The van der Waals surface area contributed by atoms with Gasteiger partial charge in [0.05, 0.1) is 17.1 Å². The molecule has 0 atom stereocenters. The minimum absolute atomic E-state index is 0.536. The molecule has 1 N–H and O–H groups in total. The van der Waals surface area contributed by atoms with Crippen LogP contribution >= 0.6 is 11.3 Å². The van der Waals surface area contributed by atoms with Gasteiger partial charge in [0.2, 0.25) is 10.8 Å². The summed E-state index contributed by atoms with van der Waals surface area (Å²) in [6.07, 6.45) is 0. The molecule has 0 aliphatic rings. The van der Waals surface area contributed by atoms with E-state index in [4.69, 9.17) is 14.6 Å². The van der Waals surface area contributed by atoms with E-state index in [1.165, 1.54) is 11.3 Å². The van der Waals surface area contributed by atoms with Gasteiger partial charge in [-0.15, -0.1) is 10.2 Å². The monoisotopic (exact) mass is 516 g/mol. The molecule has 0 spiro atoms. The first-order valence-electron chi connectivity index (χ1n) is 12.0. The number of rotatable bonds is 5. The summed E-state index contributed by atoms with van der Waals surface area (Å²) < 4.78 is 10.5. The van der Waals surface area contributed by atoms with E-state index in [-0.39, 0.29) is 0 Å². The van der Waals surface area contributed by atoms with Gasteiger partial charge in [-0.05, 0) is 49.4 Å². The first-order valence-corrected chi connectivity index (χ1v) is 12.8. The Labute approximate surface area is 220 Å². The maximum atomic E-state index is 6.20. The van der Waals surface area contributed by atoms with Gasteiger partial charge in [-0.1, -0.05) is 65.9 Å². The van der Waals surface area contributed by atoms with Crippen molar-refractivity contribution in [2.75, 3.05) is 5.43 Å². The number of nitrogens with one attached hydrogen (secondary N) is 1. The van der Waals surface area contributed by atoms with E-state index in [1.54, 1.807) is 4.52 Å². The fourth-order valence-corrected chi connectivity index (χ4v) is 4.95. The van der Waals surface area contributed by atoms with Gasteiger partial charge in [-0.25, -0.2) is 4.68 Å². The van der Waals surface area contributed by atoms with Crippen LogP contribution in [-0.4, -0.2) is 29.6 Å². The van der Waals surface area contributed by atoms with Crippen LogP contribution in [0.25, 0.3) is 44.6 Å². The van der Waals surface area contributed by atoms with Gasteiger partial charge in [0.25, 0.3) is 0 Å². The molecule has 4 heterocycles. The van der Waals surface area contributed by atoms with Gasteiger partial charge in [0.1, 0.15) is 17.0 Å². The minimum Gasteiger partial charge on any atom is -0.454 e. The predicted molar refractivity (Wildman–Crippen MR) is 147 cm³/mol. The third-order valence-corrected chi connectivity index (χ3v) is 7.05. The lowest BCUT2D eigenvalue weighted by atomic mass is 10.2. The highest BCUT2D eigenvalue weighted by molar-refractivity contribution is 7.14. The van der Waals surface area contributed by atoms with E-state index >= 15 is 0 Å². The number of aryl methyl sites for hydroxylation is 1. The summed E-state index contributed by atoms with van der Waals surface area (Å²) in [7, 11) is 0. The van der Waals surface area contributed by atoms with E-state index in [1.807, 2.05) is 109 Å². The molecule has 184 valence electrons. The Balaban J connectivity index is 1.34. The molecule has 0 saturated heterocycles. The molecule has 3 aromatic carbocycles. The predicted octanol–water partition coefficient (Wildman–Crippen LogP) is 5.69. The maximum Gasteiger partial charge on any atom is 0.235 e. The number of nitrogens with zero attached hydrogens (tertiary/aromatic N) is 7. The second-order valence-corrected chi connectivity index (χ2v) is 9.57. The largest absolute Gasteiger partial charge is 0.454 e. The molecule has 4 aromatic heterocycles. The molecule has 0 amide bonds. The lowest BCUT2D eigenvalue weighted by molar-refractivity contribution is 0.624. The smallest absolute Gasteiger partial charge is 0.235 e. The Hall–Kier alpha value is -5.09. The minimum atomic E-state index is 0.536. The number of benzene rings is 3. The molecular weight excluding hydrogens is 496 g/mol. The Morgan fingerprint density at radius 1 is 0.842 bits per heavy atom. The molecule has 38 heavy (non-hydrogen) atoms. The first-order chi connectivity index (χ1) is 18.7. The topological polar surface area (TPSA) is 98.4 Å². The zero-order valence-corrected chi connectivity index (χ0v) is 21.0. The summed E-state index contributed by atoms with van der Waals surface area (Å²) in [4.78, 5) is 0.610. The number of hydrogen-bond donors (Lipinski definition) is 1. The van der Waals surface area contributed by atoms with Gasteiger partial charge in [0.15, 0.2) is 10.4 Å². The van der Waals surface area contributed by atoms with Crippen molar-refractivity contribution in [3.63, 3.8) is 0 Å². The van der Waals surface area contributed by atoms with Crippen LogP contribution in [0.1, 0.15) is 5.69 Å². The second-order valence-electron chi connectivity index (χ2n) is 8.61. The molecule has 0 fully saturated rings. The Morgan fingerprint density at radius 3 is 2.42 bits per heavy atom. The molecule has 0 aliphatic carbocycles. The molecule has 0 saturated carbocycles. The Morgan fingerprint density at radius 2 is 1.61 bits per heavy atom. The highest BCUT2D eigenvalue weighted by atomic mass is 32.1. The van der Waals surface area contributed by atoms with E-state index in [9.17, 15) is 0 Å². The highest BCUT2D eigenvalue weighted by Gasteiger charge is 2.20. The van der Waals surface area contributed by atoms with Crippen molar-refractivity contribution in [1.82, 2.24) is 29.6 Å². The molecule has 0 bridgehead atoms. The summed E-state index contributed by atoms with van der Waals surface area (Å²) in [5, 5.41) is 24.0. The first kappa shape index (κ1) is 22.1. The van der Waals surface area contributed by atoms with E-state index in [0.29, 0.717) is 22.2 Å². The lowest BCUT2D eigenvalue weighted by Crippen LogP contribution is -2.12. The van der Waals surface area contributed by atoms with Gasteiger partial charge in [0, 0.05) is 5.39 Å². The van der Waals surface area contributed by atoms with E-state index in [2.05, 4.69) is 20.7 Å². The van der Waals surface area contributed by atoms with Gasteiger partial charge >= 0.3 is 0 Å². The van der Waals surface area contributed by atoms with Crippen LogP contribution in [0.5, 0.6) is 0 Å². The van der Waals surface area contributed by atoms with Crippen molar-refractivity contribution < 1.29 is 4.42 Å². The summed E-state index contributed by atoms with van der Waals surface area (Å²) in [6.45, 7) is 1.91. The third-order valence-electron chi connectivity index (χ3n) is 6.04. The summed E-state index contributed by atoms with van der Waals surface area (Å²) in [5.74, 6) is 1.25. The van der Waals surface area contributed by atoms with Crippen molar-refractivity contribution in [2.24, 2.45) is 5.10 Å². The average molecular weight is 517 g/mol. The zero-order chi connectivity index (χ0) is 25.5. The van der Waals surface area contributed by atoms with Gasteiger partial charge in [-0.2, -0.15) is 19.8 Å². The number of fused-ring (bicyclic) bond motifs is 2. The van der Waals surface area contributed by atoms with Crippen LogP contribution < -0.4 is 10.1 Å². The molecular formula is C28H20N8OS. The SMILES string of the molecule is Cc1nn2c(-c3cc(-c4cc5ccccc5o4)n(-c4ccccc4)n3)nnc2s/c1=N/Nc1ccccc1. The van der Waals surface area contributed by atoms with Crippen molar-refractivity contribution in [3.05, 3.63) is 107 Å². The fraction of sp³-hybridized carbons (Fsp3) is 0.0357. The van der Waals surface area contributed by atoms with Crippen molar-refractivity contribution in [2.45, 2.75) is 6.92 Å². The summed E-state index contributed by atoms with van der Waals surface area (Å²) in [6, 6.07) is 31.6. The van der Waals surface area contributed by atoms with Crippen LogP contribution in [0, 0.1) is 6.92 Å². The third kappa shape index (κ3) is 3.93. The summed E-state index contributed by atoms with van der Waals surface area (Å²) in [5.41, 5.74) is 7.87. The van der Waals surface area contributed by atoms with Crippen molar-refractivity contribution >= 4 is 33.0 Å². The molecule has 0 radical (unpaired) electrons. The lowest BCUT2D eigenvalue weighted by Gasteiger charge is -2.04. The van der Waals surface area contributed by atoms with Crippen LogP contribution in [0.15, 0.2) is 107 Å². The molecule has 9 nitrogen and oxygen atoms in total. The molecule has 0 aliphatic heterocycles. The second kappa shape index (κ2) is 9.09. The number of aromatic nitrogens is 6. The van der Waals surface area contributed by atoms with Gasteiger partial charge in [-0.3, -0.25) is 5.43 Å². The van der Waals surface area contributed by atoms with E-state index < -0.39 is 0 Å². The average Bonchev–Trinajstić information content (AvgIpc) is 3.69. The maximum absolute atomic E-state index is 6.20. The molecule has 10 heteroatoms.